The number of esters is 1. The van der Waals surface area contributed by atoms with Gasteiger partial charge in [-0.2, -0.15) is 0 Å². The third-order valence-corrected chi connectivity index (χ3v) is 3.07. The molecular weight excluding hydrogens is 156 g/mol. The maximum absolute atomic E-state index is 11.3. The van der Waals surface area contributed by atoms with Crippen LogP contribution in [0.1, 0.15) is 19.3 Å². The van der Waals surface area contributed by atoms with E-state index in [1.54, 1.807) is 0 Å². The van der Waals surface area contributed by atoms with E-state index in [0.717, 1.165) is 12.8 Å². The molecule has 0 radical (unpaired) electrons. The molecule has 3 atom stereocenters. The number of hydrogen-bond acceptors (Lipinski definition) is 3. The first-order valence-electron chi connectivity index (χ1n) is 4.33. The van der Waals surface area contributed by atoms with E-state index in [4.69, 9.17) is 0 Å². The number of Topliss-reactive ketones (excluding diaryl/α,β-unsaturated/α-hetero) is 1. The summed E-state index contributed by atoms with van der Waals surface area (Å²) < 4.78 is 4.64. The van der Waals surface area contributed by atoms with Crippen molar-refractivity contribution in [2.24, 2.45) is 17.8 Å². The van der Waals surface area contributed by atoms with Gasteiger partial charge in [0.05, 0.1) is 13.0 Å². The topological polar surface area (TPSA) is 43.4 Å². The zero-order valence-corrected chi connectivity index (χ0v) is 7.08. The lowest BCUT2D eigenvalue weighted by atomic mass is 9.88. The van der Waals surface area contributed by atoms with Gasteiger partial charge in [-0.15, -0.1) is 0 Å². The maximum atomic E-state index is 11.3. The number of carbonyl (C=O) groups is 2. The molecule has 0 aliphatic heterocycles. The molecule has 0 aromatic carbocycles. The highest BCUT2D eigenvalue weighted by atomic mass is 16.5. The minimum Gasteiger partial charge on any atom is -0.469 e. The molecule has 2 fully saturated rings. The Morgan fingerprint density at radius 2 is 2.25 bits per heavy atom. The fourth-order valence-electron chi connectivity index (χ4n) is 2.51. The van der Waals surface area contributed by atoms with Crippen molar-refractivity contribution in [2.45, 2.75) is 19.3 Å². The Morgan fingerprint density at radius 3 is 2.75 bits per heavy atom. The van der Waals surface area contributed by atoms with Gasteiger partial charge in [0.25, 0.3) is 0 Å². The fourth-order valence-corrected chi connectivity index (χ4v) is 2.51. The molecule has 0 heterocycles. The SMILES string of the molecule is COC(=O)[C@H]1C[C@H]2CC(=O)[C@H]1C2. The highest BCUT2D eigenvalue weighted by molar-refractivity contribution is 5.90. The van der Waals surface area contributed by atoms with Gasteiger partial charge in [-0.1, -0.05) is 0 Å². The van der Waals surface area contributed by atoms with Crippen molar-refractivity contribution in [3.63, 3.8) is 0 Å². The molecule has 2 saturated carbocycles. The number of rotatable bonds is 1. The van der Waals surface area contributed by atoms with Gasteiger partial charge in [-0.05, 0) is 18.8 Å². The van der Waals surface area contributed by atoms with Crippen molar-refractivity contribution >= 4 is 11.8 Å². The Kier molecular flexibility index (Phi) is 1.67. The zero-order valence-electron chi connectivity index (χ0n) is 7.08. The fraction of sp³-hybridized carbons (Fsp3) is 0.778. The van der Waals surface area contributed by atoms with Crippen molar-refractivity contribution < 1.29 is 14.3 Å². The zero-order chi connectivity index (χ0) is 8.72. The van der Waals surface area contributed by atoms with Crippen LogP contribution in [0.5, 0.6) is 0 Å². The smallest absolute Gasteiger partial charge is 0.309 e. The quantitative estimate of drug-likeness (QED) is 0.543. The molecule has 0 amide bonds. The van der Waals surface area contributed by atoms with E-state index in [-0.39, 0.29) is 23.6 Å². The summed E-state index contributed by atoms with van der Waals surface area (Å²) in [6.07, 6.45) is 2.47. The van der Waals surface area contributed by atoms with E-state index in [0.29, 0.717) is 12.3 Å². The number of fused-ring (bicyclic) bond motifs is 2. The Labute approximate surface area is 71.1 Å². The highest BCUT2D eigenvalue weighted by Crippen LogP contribution is 2.46. The maximum Gasteiger partial charge on any atom is 0.309 e. The lowest BCUT2D eigenvalue weighted by molar-refractivity contribution is -0.149. The normalized spacial score (nSPS) is 38.8. The molecule has 66 valence electrons. The third kappa shape index (κ3) is 0.958. The standard InChI is InChI=1S/C9H12O3/c1-12-9(11)7-3-5-2-6(7)8(10)4-5/h5-7H,2-4H2,1H3/t5-,6-,7-/m0/s1. The Hall–Kier alpha value is -0.860. The van der Waals surface area contributed by atoms with Crippen LogP contribution in [-0.2, 0) is 14.3 Å². The molecule has 0 aromatic heterocycles. The summed E-state index contributed by atoms with van der Waals surface area (Å²) in [6, 6.07) is 0. The van der Waals surface area contributed by atoms with Crippen LogP contribution in [0.15, 0.2) is 0 Å². The van der Waals surface area contributed by atoms with E-state index < -0.39 is 0 Å². The monoisotopic (exact) mass is 168 g/mol. The van der Waals surface area contributed by atoms with Gasteiger partial charge >= 0.3 is 5.97 Å². The summed E-state index contributed by atoms with van der Waals surface area (Å²) in [4.78, 5) is 22.4. The first-order chi connectivity index (χ1) is 5.72. The van der Waals surface area contributed by atoms with Crippen molar-refractivity contribution in [2.75, 3.05) is 7.11 Å². The lowest BCUT2D eigenvalue weighted by Crippen LogP contribution is -2.27. The van der Waals surface area contributed by atoms with E-state index in [9.17, 15) is 9.59 Å². The van der Waals surface area contributed by atoms with E-state index >= 15 is 0 Å². The lowest BCUT2D eigenvalue weighted by Gasteiger charge is -2.17. The second kappa shape index (κ2) is 2.57. The van der Waals surface area contributed by atoms with Gasteiger partial charge in [0.15, 0.2) is 0 Å². The largest absolute Gasteiger partial charge is 0.469 e. The first kappa shape index (κ1) is 7.77. The van der Waals surface area contributed by atoms with Gasteiger partial charge in [0.2, 0.25) is 0 Å². The molecule has 0 N–H and O–H groups in total. The summed E-state index contributed by atoms with van der Waals surface area (Å²) >= 11 is 0. The molecule has 0 aromatic rings. The van der Waals surface area contributed by atoms with Crippen LogP contribution in [0.25, 0.3) is 0 Å². The minimum atomic E-state index is -0.199. The molecule has 0 unspecified atom stereocenters. The second-order valence-electron chi connectivity index (χ2n) is 3.74. The molecule has 0 spiro atoms. The summed E-state index contributed by atoms with van der Waals surface area (Å²) in [5.41, 5.74) is 0. The molecule has 2 rings (SSSR count). The van der Waals surface area contributed by atoms with E-state index in [2.05, 4.69) is 4.74 Å². The number of hydrogen-bond donors (Lipinski definition) is 0. The molecule has 2 aliphatic rings. The summed E-state index contributed by atoms with van der Waals surface area (Å²) in [6.45, 7) is 0. The Balaban J connectivity index is 2.12. The molecule has 12 heavy (non-hydrogen) atoms. The van der Waals surface area contributed by atoms with Crippen LogP contribution in [0.2, 0.25) is 0 Å². The molecule has 3 heteroatoms. The van der Waals surface area contributed by atoms with Crippen molar-refractivity contribution in [1.82, 2.24) is 0 Å². The average Bonchev–Trinajstić information content (AvgIpc) is 2.60. The van der Waals surface area contributed by atoms with Crippen molar-refractivity contribution in [3.8, 4) is 0 Å². The molecule has 2 aliphatic carbocycles. The number of carbonyl (C=O) groups excluding carboxylic acids is 2. The van der Waals surface area contributed by atoms with Crippen LogP contribution in [0, 0.1) is 17.8 Å². The predicted molar refractivity (Wildman–Crippen MR) is 41.3 cm³/mol. The van der Waals surface area contributed by atoms with Crippen LogP contribution >= 0.6 is 0 Å². The van der Waals surface area contributed by atoms with Crippen LogP contribution in [0.3, 0.4) is 0 Å². The molecular formula is C9H12O3. The van der Waals surface area contributed by atoms with Crippen molar-refractivity contribution in [1.29, 1.82) is 0 Å². The summed E-state index contributed by atoms with van der Waals surface area (Å²) in [7, 11) is 1.39. The van der Waals surface area contributed by atoms with Gasteiger partial charge < -0.3 is 4.74 Å². The highest BCUT2D eigenvalue weighted by Gasteiger charge is 2.48. The summed E-state index contributed by atoms with van der Waals surface area (Å²) in [5, 5.41) is 0. The van der Waals surface area contributed by atoms with Gasteiger partial charge in [-0.25, -0.2) is 0 Å². The van der Waals surface area contributed by atoms with Crippen LogP contribution in [-0.4, -0.2) is 18.9 Å². The van der Waals surface area contributed by atoms with E-state index in [1.165, 1.54) is 7.11 Å². The minimum absolute atomic E-state index is 0.0116. The number of ketones is 1. The van der Waals surface area contributed by atoms with Gasteiger partial charge in [0.1, 0.15) is 5.78 Å². The molecule has 2 bridgehead atoms. The van der Waals surface area contributed by atoms with Crippen LogP contribution < -0.4 is 0 Å². The first-order valence-corrected chi connectivity index (χ1v) is 4.33. The van der Waals surface area contributed by atoms with Gasteiger partial charge in [-0.3, -0.25) is 9.59 Å². The van der Waals surface area contributed by atoms with Gasteiger partial charge in [0, 0.05) is 12.3 Å². The van der Waals surface area contributed by atoms with Crippen molar-refractivity contribution in [3.05, 3.63) is 0 Å². The average molecular weight is 168 g/mol. The predicted octanol–water partition coefficient (Wildman–Crippen LogP) is 0.775. The Bertz CT molecular complexity index is 234. The molecule has 3 nitrogen and oxygen atoms in total. The second-order valence-corrected chi connectivity index (χ2v) is 3.74. The van der Waals surface area contributed by atoms with E-state index in [1.807, 2.05) is 0 Å². The Morgan fingerprint density at radius 1 is 1.50 bits per heavy atom. The number of methoxy groups -OCH3 is 1. The summed E-state index contributed by atoms with van der Waals surface area (Å²) in [5.74, 6) is 0.396. The van der Waals surface area contributed by atoms with Crippen LogP contribution in [0.4, 0.5) is 0 Å². The number of ether oxygens (including phenoxy) is 1. The molecule has 0 saturated heterocycles. The third-order valence-electron chi connectivity index (χ3n) is 3.07.